The van der Waals surface area contributed by atoms with Gasteiger partial charge in [-0.05, 0) is 69.2 Å². The molecule has 4 rings (SSSR count). The third-order valence-corrected chi connectivity index (χ3v) is 7.10. The second kappa shape index (κ2) is 9.70. The van der Waals surface area contributed by atoms with Crippen LogP contribution in [0.5, 0.6) is 0 Å². The normalized spacial score (nSPS) is 29.1. The van der Waals surface area contributed by atoms with Gasteiger partial charge in [0.05, 0.1) is 13.2 Å². The number of likely N-dealkylation sites (N-methyl/N-ethyl adjacent to an activating group) is 1. The number of piperidine rings is 2. The molecule has 3 saturated heterocycles. The predicted molar refractivity (Wildman–Crippen MR) is 121 cm³/mol. The molecule has 0 spiro atoms. The molecule has 170 valence electrons. The molecule has 1 aromatic rings. The number of hydrogen-bond donors (Lipinski definition) is 1. The first-order valence-electron chi connectivity index (χ1n) is 11.9. The van der Waals surface area contributed by atoms with Gasteiger partial charge in [-0.1, -0.05) is 26.0 Å². The van der Waals surface area contributed by atoms with Crippen LogP contribution in [0, 0.1) is 5.92 Å². The first-order valence-corrected chi connectivity index (χ1v) is 11.9. The highest BCUT2D eigenvalue weighted by atomic mass is 16.5. The molecule has 3 aliphatic rings. The minimum atomic E-state index is -0.211. The molecule has 2 amide bonds. The van der Waals surface area contributed by atoms with Gasteiger partial charge in [-0.15, -0.1) is 0 Å². The molecule has 1 unspecified atom stereocenters. The van der Waals surface area contributed by atoms with Gasteiger partial charge in [0.2, 0.25) is 5.91 Å². The molecule has 2 bridgehead atoms. The van der Waals surface area contributed by atoms with Gasteiger partial charge in [-0.25, -0.2) is 0 Å². The summed E-state index contributed by atoms with van der Waals surface area (Å²) < 4.78 is 5.51. The molecule has 6 heteroatoms. The van der Waals surface area contributed by atoms with Crippen molar-refractivity contribution in [1.29, 1.82) is 0 Å². The molecule has 3 heterocycles. The van der Waals surface area contributed by atoms with E-state index in [1.807, 2.05) is 19.2 Å². The van der Waals surface area contributed by atoms with Crippen LogP contribution in [-0.2, 0) is 16.0 Å². The van der Waals surface area contributed by atoms with Crippen LogP contribution in [0.15, 0.2) is 24.3 Å². The van der Waals surface area contributed by atoms with Gasteiger partial charge in [-0.2, -0.15) is 0 Å². The third kappa shape index (κ3) is 5.12. The Morgan fingerprint density at radius 2 is 1.81 bits per heavy atom. The summed E-state index contributed by atoms with van der Waals surface area (Å²) in [7, 11) is 1.98. The molecule has 1 aromatic carbocycles. The molecular weight excluding hydrogens is 390 g/mol. The summed E-state index contributed by atoms with van der Waals surface area (Å²) in [4.78, 5) is 30.4. The summed E-state index contributed by atoms with van der Waals surface area (Å²) >= 11 is 0. The van der Waals surface area contributed by atoms with Crippen molar-refractivity contribution >= 4 is 11.8 Å². The van der Waals surface area contributed by atoms with Gasteiger partial charge in [0.25, 0.3) is 5.91 Å². The van der Waals surface area contributed by atoms with Gasteiger partial charge in [0.15, 0.2) is 0 Å². The number of nitrogens with one attached hydrogen (secondary N) is 1. The van der Waals surface area contributed by atoms with Crippen LogP contribution in [0.2, 0.25) is 0 Å². The zero-order chi connectivity index (χ0) is 22.0. The fourth-order valence-corrected chi connectivity index (χ4v) is 5.49. The SMILES string of the molecule is CC(C)Cc1ccc(C(=O)N2[C@@H]3CCC[C@H]2CC(NC(=O)[C@H]2COCCN2C)C3)cc1. The predicted octanol–water partition coefficient (Wildman–Crippen LogP) is 2.86. The molecule has 0 aromatic heterocycles. The molecule has 0 aliphatic carbocycles. The van der Waals surface area contributed by atoms with Crippen LogP contribution in [-0.4, -0.2) is 72.6 Å². The number of morpholine rings is 1. The van der Waals surface area contributed by atoms with E-state index in [1.165, 1.54) is 5.56 Å². The maximum absolute atomic E-state index is 13.4. The second-order valence-electron chi connectivity index (χ2n) is 9.99. The molecule has 0 saturated carbocycles. The Hall–Kier alpha value is -1.92. The smallest absolute Gasteiger partial charge is 0.254 e. The lowest BCUT2D eigenvalue weighted by Gasteiger charge is -2.49. The average Bonchev–Trinajstić information content (AvgIpc) is 2.73. The summed E-state index contributed by atoms with van der Waals surface area (Å²) in [6, 6.07) is 8.51. The second-order valence-corrected chi connectivity index (χ2v) is 9.99. The summed E-state index contributed by atoms with van der Waals surface area (Å²) in [6.45, 7) is 6.35. The minimum Gasteiger partial charge on any atom is -0.378 e. The van der Waals surface area contributed by atoms with Crippen molar-refractivity contribution in [2.24, 2.45) is 5.92 Å². The van der Waals surface area contributed by atoms with E-state index >= 15 is 0 Å². The Morgan fingerprint density at radius 3 is 2.42 bits per heavy atom. The number of benzene rings is 1. The molecular formula is C25H37N3O3. The van der Waals surface area contributed by atoms with Crippen LogP contribution < -0.4 is 5.32 Å². The number of carbonyl (C=O) groups is 2. The van der Waals surface area contributed by atoms with E-state index in [1.54, 1.807) is 0 Å². The van der Waals surface area contributed by atoms with Crippen LogP contribution in [0.25, 0.3) is 0 Å². The van der Waals surface area contributed by atoms with Crippen molar-refractivity contribution in [2.45, 2.75) is 76.5 Å². The molecule has 3 fully saturated rings. The lowest BCUT2D eigenvalue weighted by Crippen LogP contribution is -2.61. The van der Waals surface area contributed by atoms with Crippen LogP contribution in [0.3, 0.4) is 0 Å². The van der Waals surface area contributed by atoms with E-state index in [2.05, 4.69) is 41.1 Å². The van der Waals surface area contributed by atoms with Crippen molar-refractivity contribution < 1.29 is 14.3 Å². The Bertz CT molecular complexity index is 765. The van der Waals surface area contributed by atoms with E-state index in [0.717, 1.165) is 50.6 Å². The fraction of sp³-hybridized carbons (Fsp3) is 0.680. The number of carbonyl (C=O) groups excluding carboxylic acids is 2. The lowest BCUT2D eigenvalue weighted by molar-refractivity contribution is -0.132. The highest BCUT2D eigenvalue weighted by Gasteiger charge is 2.42. The van der Waals surface area contributed by atoms with E-state index in [0.29, 0.717) is 19.1 Å². The molecule has 6 nitrogen and oxygen atoms in total. The number of ether oxygens (including phenoxy) is 1. The van der Waals surface area contributed by atoms with Crippen LogP contribution >= 0.6 is 0 Å². The number of amides is 2. The van der Waals surface area contributed by atoms with Gasteiger partial charge >= 0.3 is 0 Å². The zero-order valence-corrected chi connectivity index (χ0v) is 19.2. The van der Waals surface area contributed by atoms with E-state index in [4.69, 9.17) is 4.74 Å². The summed E-state index contributed by atoms with van der Waals surface area (Å²) in [5, 5.41) is 3.27. The monoisotopic (exact) mass is 427 g/mol. The van der Waals surface area contributed by atoms with E-state index < -0.39 is 0 Å². The Balaban J connectivity index is 1.40. The summed E-state index contributed by atoms with van der Waals surface area (Å²) in [5.74, 6) is 0.817. The van der Waals surface area contributed by atoms with Gasteiger partial charge in [-0.3, -0.25) is 14.5 Å². The largest absolute Gasteiger partial charge is 0.378 e. The molecule has 4 atom stereocenters. The van der Waals surface area contributed by atoms with E-state index in [-0.39, 0.29) is 36.0 Å². The highest BCUT2D eigenvalue weighted by molar-refractivity contribution is 5.95. The van der Waals surface area contributed by atoms with Crippen molar-refractivity contribution in [1.82, 2.24) is 15.1 Å². The maximum atomic E-state index is 13.4. The maximum Gasteiger partial charge on any atom is 0.254 e. The summed E-state index contributed by atoms with van der Waals surface area (Å²) in [6.07, 6.45) is 5.92. The standard InChI is InChI=1S/C25H37N3O3/c1-17(2)13-18-7-9-19(10-8-18)25(30)28-21-5-4-6-22(28)15-20(14-21)26-24(29)23-16-31-12-11-27(23)3/h7-10,17,20-23H,4-6,11-16H2,1-3H3,(H,26,29)/t20?,21-,22+,23-/m1/s1. The number of rotatable bonds is 5. The molecule has 31 heavy (non-hydrogen) atoms. The molecule has 0 radical (unpaired) electrons. The number of nitrogens with zero attached hydrogens (tertiary/aromatic N) is 2. The molecule has 3 aliphatic heterocycles. The van der Waals surface area contributed by atoms with Gasteiger partial charge in [0, 0.05) is 30.2 Å². The zero-order valence-electron chi connectivity index (χ0n) is 19.2. The fourth-order valence-electron chi connectivity index (χ4n) is 5.49. The number of fused-ring (bicyclic) bond motifs is 2. The Labute approximate surface area is 186 Å². The van der Waals surface area contributed by atoms with Crippen molar-refractivity contribution in [2.75, 3.05) is 26.8 Å². The number of hydrogen-bond acceptors (Lipinski definition) is 4. The van der Waals surface area contributed by atoms with Crippen LogP contribution in [0.1, 0.15) is 61.9 Å². The van der Waals surface area contributed by atoms with Gasteiger partial charge < -0.3 is 15.0 Å². The first-order chi connectivity index (χ1) is 14.9. The highest BCUT2D eigenvalue weighted by Crippen LogP contribution is 2.35. The Kier molecular flexibility index (Phi) is 6.97. The van der Waals surface area contributed by atoms with Crippen molar-refractivity contribution in [3.63, 3.8) is 0 Å². The average molecular weight is 428 g/mol. The third-order valence-electron chi connectivity index (χ3n) is 7.10. The van der Waals surface area contributed by atoms with Crippen molar-refractivity contribution in [3.05, 3.63) is 35.4 Å². The topological polar surface area (TPSA) is 61.9 Å². The molecule has 1 N–H and O–H groups in total. The lowest BCUT2D eigenvalue weighted by atomic mass is 9.81. The quantitative estimate of drug-likeness (QED) is 0.785. The summed E-state index contributed by atoms with van der Waals surface area (Å²) in [5.41, 5.74) is 2.07. The van der Waals surface area contributed by atoms with E-state index in [9.17, 15) is 9.59 Å². The Morgan fingerprint density at radius 1 is 1.13 bits per heavy atom. The van der Waals surface area contributed by atoms with Gasteiger partial charge in [0.1, 0.15) is 6.04 Å². The van der Waals surface area contributed by atoms with Crippen molar-refractivity contribution in [3.8, 4) is 0 Å². The van der Waals surface area contributed by atoms with Crippen LogP contribution in [0.4, 0.5) is 0 Å². The first kappa shape index (κ1) is 22.3. The minimum absolute atomic E-state index is 0.0609.